The fourth-order valence-electron chi connectivity index (χ4n) is 0.766. The Kier molecular flexibility index (Phi) is 7.80. The van der Waals surface area contributed by atoms with Crippen LogP contribution in [-0.4, -0.2) is 19.8 Å². The highest BCUT2D eigenvalue weighted by Crippen LogP contribution is 1.99. The van der Waals surface area contributed by atoms with Gasteiger partial charge in [-0.25, -0.2) is 0 Å². The maximum absolute atomic E-state index is 5.39. The summed E-state index contributed by atoms with van der Waals surface area (Å²) >= 11 is 0. The van der Waals surface area contributed by atoms with Crippen molar-refractivity contribution in [3.8, 4) is 0 Å². The zero-order valence-electron chi connectivity index (χ0n) is 9.30. The van der Waals surface area contributed by atoms with Crippen molar-refractivity contribution in [1.82, 2.24) is 0 Å². The van der Waals surface area contributed by atoms with Crippen molar-refractivity contribution in [2.45, 2.75) is 34.1 Å². The predicted molar refractivity (Wildman–Crippen MR) is 55.7 cm³/mol. The molecule has 0 aromatic rings. The maximum Gasteiger partial charge on any atom is 0.111 e. The Labute approximate surface area is 81.9 Å². The molecule has 0 aromatic carbocycles. The lowest BCUT2D eigenvalue weighted by molar-refractivity contribution is 0.0704. The molecule has 0 amide bonds. The van der Waals surface area contributed by atoms with E-state index in [4.69, 9.17) is 9.47 Å². The fourth-order valence-corrected chi connectivity index (χ4v) is 0.766. The minimum absolute atomic E-state index is 0.661. The van der Waals surface area contributed by atoms with Gasteiger partial charge in [0.05, 0.1) is 12.4 Å². The van der Waals surface area contributed by atoms with E-state index in [2.05, 4.69) is 13.8 Å². The van der Waals surface area contributed by atoms with Crippen LogP contribution < -0.4 is 0 Å². The second-order valence-electron chi connectivity index (χ2n) is 3.54. The number of rotatable bonds is 7. The van der Waals surface area contributed by atoms with Gasteiger partial charge in [-0.15, -0.1) is 0 Å². The van der Waals surface area contributed by atoms with E-state index in [1.165, 1.54) is 0 Å². The lowest BCUT2D eigenvalue weighted by Gasteiger charge is -2.07. The Bertz CT molecular complexity index is 139. The van der Waals surface area contributed by atoms with Crippen LogP contribution in [0.3, 0.4) is 0 Å². The molecule has 2 nitrogen and oxygen atoms in total. The first-order chi connectivity index (χ1) is 6.16. The van der Waals surface area contributed by atoms with Crippen molar-refractivity contribution < 1.29 is 9.47 Å². The van der Waals surface area contributed by atoms with Gasteiger partial charge in [-0.3, -0.25) is 0 Å². The van der Waals surface area contributed by atoms with E-state index >= 15 is 0 Å². The Morgan fingerprint density at radius 3 is 2.46 bits per heavy atom. The highest BCUT2D eigenvalue weighted by Gasteiger charge is 1.94. The van der Waals surface area contributed by atoms with Crippen molar-refractivity contribution in [3.05, 3.63) is 11.8 Å². The van der Waals surface area contributed by atoms with E-state index in [-0.39, 0.29) is 0 Å². The van der Waals surface area contributed by atoms with Crippen LogP contribution in [0.2, 0.25) is 0 Å². The monoisotopic (exact) mass is 186 g/mol. The van der Waals surface area contributed by atoms with E-state index in [1.807, 2.05) is 19.9 Å². The van der Waals surface area contributed by atoms with Crippen LogP contribution in [0, 0.1) is 5.92 Å². The first-order valence-corrected chi connectivity index (χ1v) is 5.00. The van der Waals surface area contributed by atoms with Crippen LogP contribution in [0.15, 0.2) is 11.8 Å². The molecule has 0 saturated carbocycles. The smallest absolute Gasteiger partial charge is 0.111 e. The lowest BCUT2D eigenvalue weighted by Crippen LogP contribution is -2.05. The summed E-state index contributed by atoms with van der Waals surface area (Å²) in [6.45, 7) is 10.5. The third-order valence-electron chi connectivity index (χ3n) is 1.80. The van der Waals surface area contributed by atoms with Crippen molar-refractivity contribution in [1.29, 1.82) is 0 Å². The average molecular weight is 186 g/mol. The molecule has 0 bridgehead atoms. The summed E-state index contributed by atoms with van der Waals surface area (Å²) < 4.78 is 10.7. The van der Waals surface area contributed by atoms with Crippen LogP contribution in [-0.2, 0) is 9.47 Å². The number of allylic oxidation sites excluding steroid dienone is 2. The van der Waals surface area contributed by atoms with Crippen molar-refractivity contribution in [3.63, 3.8) is 0 Å². The second-order valence-corrected chi connectivity index (χ2v) is 3.54. The van der Waals surface area contributed by atoms with E-state index < -0.39 is 0 Å². The molecular weight excluding hydrogens is 164 g/mol. The van der Waals surface area contributed by atoms with E-state index in [1.54, 1.807) is 0 Å². The van der Waals surface area contributed by atoms with Crippen LogP contribution in [0.25, 0.3) is 0 Å². The van der Waals surface area contributed by atoms with Gasteiger partial charge in [0.2, 0.25) is 0 Å². The molecule has 0 aliphatic carbocycles. The standard InChI is InChI=1S/C11H22O2/c1-5-11(4)13-9-8-12-7-6-10(2)3/h5,10H,6-9H2,1-4H3/b11-5+. The minimum Gasteiger partial charge on any atom is -0.496 e. The van der Waals surface area contributed by atoms with Gasteiger partial charge >= 0.3 is 0 Å². The topological polar surface area (TPSA) is 18.5 Å². The highest BCUT2D eigenvalue weighted by molar-refractivity contribution is 4.83. The summed E-state index contributed by atoms with van der Waals surface area (Å²) in [5.74, 6) is 1.69. The minimum atomic E-state index is 0.661. The summed E-state index contributed by atoms with van der Waals surface area (Å²) in [6, 6.07) is 0. The molecule has 2 heteroatoms. The summed E-state index contributed by atoms with van der Waals surface area (Å²) in [7, 11) is 0. The molecule has 13 heavy (non-hydrogen) atoms. The van der Waals surface area contributed by atoms with Crippen molar-refractivity contribution >= 4 is 0 Å². The van der Waals surface area contributed by atoms with Crippen molar-refractivity contribution in [2.75, 3.05) is 19.8 Å². The van der Waals surface area contributed by atoms with Crippen molar-refractivity contribution in [2.24, 2.45) is 5.92 Å². The third kappa shape index (κ3) is 9.41. The zero-order chi connectivity index (χ0) is 10.1. The molecule has 0 aliphatic heterocycles. The van der Waals surface area contributed by atoms with Gasteiger partial charge < -0.3 is 9.47 Å². The van der Waals surface area contributed by atoms with Crippen LogP contribution >= 0.6 is 0 Å². The molecule has 0 fully saturated rings. The molecule has 0 aromatic heterocycles. The molecule has 0 N–H and O–H groups in total. The normalized spacial score (nSPS) is 12.2. The summed E-state index contributed by atoms with van der Waals surface area (Å²) in [5, 5.41) is 0. The number of ether oxygens (including phenoxy) is 2. The SMILES string of the molecule is C/C=C(\C)OCCOCCC(C)C. The zero-order valence-corrected chi connectivity index (χ0v) is 9.30. The fraction of sp³-hybridized carbons (Fsp3) is 0.818. The lowest BCUT2D eigenvalue weighted by atomic mass is 10.1. The Hall–Kier alpha value is -0.500. The van der Waals surface area contributed by atoms with E-state index in [0.29, 0.717) is 13.2 Å². The molecule has 0 spiro atoms. The molecule has 0 saturated heterocycles. The Morgan fingerprint density at radius 1 is 1.23 bits per heavy atom. The first kappa shape index (κ1) is 12.5. The maximum atomic E-state index is 5.39. The first-order valence-electron chi connectivity index (χ1n) is 5.00. The summed E-state index contributed by atoms with van der Waals surface area (Å²) in [6.07, 6.45) is 3.08. The summed E-state index contributed by atoms with van der Waals surface area (Å²) in [4.78, 5) is 0. The molecule has 78 valence electrons. The van der Waals surface area contributed by atoms with E-state index in [0.717, 1.165) is 24.7 Å². The number of hydrogen-bond donors (Lipinski definition) is 0. The molecule has 0 unspecified atom stereocenters. The van der Waals surface area contributed by atoms with E-state index in [9.17, 15) is 0 Å². The molecule has 0 radical (unpaired) electrons. The highest BCUT2D eigenvalue weighted by atomic mass is 16.5. The van der Waals surface area contributed by atoms with Gasteiger partial charge in [0, 0.05) is 6.61 Å². The Morgan fingerprint density at radius 2 is 1.92 bits per heavy atom. The molecule has 0 aliphatic rings. The third-order valence-corrected chi connectivity index (χ3v) is 1.80. The molecule has 0 heterocycles. The van der Waals surface area contributed by atoms with Crippen LogP contribution in [0.4, 0.5) is 0 Å². The van der Waals surface area contributed by atoms with Gasteiger partial charge in [-0.2, -0.15) is 0 Å². The molecule has 0 rings (SSSR count). The average Bonchev–Trinajstić information content (AvgIpc) is 2.10. The summed E-state index contributed by atoms with van der Waals surface area (Å²) in [5.41, 5.74) is 0. The Balaban J connectivity index is 3.09. The van der Waals surface area contributed by atoms with Gasteiger partial charge in [0.1, 0.15) is 6.61 Å². The second kappa shape index (κ2) is 8.11. The predicted octanol–water partition coefficient (Wildman–Crippen LogP) is 2.99. The van der Waals surface area contributed by atoms with Gasteiger partial charge in [-0.1, -0.05) is 19.9 Å². The van der Waals surface area contributed by atoms with Crippen LogP contribution in [0.5, 0.6) is 0 Å². The quantitative estimate of drug-likeness (QED) is 0.449. The van der Waals surface area contributed by atoms with Gasteiger partial charge in [0.15, 0.2) is 0 Å². The van der Waals surface area contributed by atoms with Crippen LogP contribution in [0.1, 0.15) is 34.1 Å². The largest absolute Gasteiger partial charge is 0.496 e. The molecular formula is C11H22O2. The van der Waals surface area contributed by atoms with Gasteiger partial charge in [-0.05, 0) is 26.2 Å². The molecule has 0 atom stereocenters. The number of hydrogen-bond acceptors (Lipinski definition) is 2. The van der Waals surface area contributed by atoms with Gasteiger partial charge in [0.25, 0.3) is 0 Å².